The molecule has 0 saturated heterocycles. The standard InChI is InChI=1S/C14H11BrClNO/c15-10-5-3-7-12-14(10)18-13(8-17-12)9-4-1-2-6-11(9)16/h1-7,13,17H,8H2. The van der Waals surface area contributed by atoms with E-state index < -0.39 is 0 Å². The minimum Gasteiger partial charge on any atom is -0.480 e. The Morgan fingerprint density at radius 3 is 2.83 bits per heavy atom. The van der Waals surface area contributed by atoms with Crippen LogP contribution in [0.25, 0.3) is 0 Å². The van der Waals surface area contributed by atoms with Gasteiger partial charge in [0.2, 0.25) is 0 Å². The molecule has 1 unspecified atom stereocenters. The molecule has 0 fully saturated rings. The van der Waals surface area contributed by atoms with Gasteiger partial charge in [0, 0.05) is 10.6 Å². The van der Waals surface area contributed by atoms with Crippen molar-refractivity contribution in [2.24, 2.45) is 0 Å². The van der Waals surface area contributed by atoms with Gasteiger partial charge < -0.3 is 10.1 Å². The van der Waals surface area contributed by atoms with Gasteiger partial charge in [-0.15, -0.1) is 0 Å². The van der Waals surface area contributed by atoms with Crippen LogP contribution in [0.2, 0.25) is 5.02 Å². The van der Waals surface area contributed by atoms with Crippen molar-refractivity contribution in [3.05, 3.63) is 57.5 Å². The normalized spacial score (nSPS) is 17.6. The van der Waals surface area contributed by atoms with E-state index in [-0.39, 0.29) is 6.10 Å². The highest BCUT2D eigenvalue weighted by molar-refractivity contribution is 9.10. The number of hydrogen-bond acceptors (Lipinski definition) is 2. The zero-order valence-electron chi connectivity index (χ0n) is 9.49. The molecule has 92 valence electrons. The third-order valence-corrected chi connectivity index (χ3v) is 3.93. The van der Waals surface area contributed by atoms with Crippen LogP contribution in [0.15, 0.2) is 46.9 Å². The molecule has 0 aromatic heterocycles. The molecule has 2 nitrogen and oxygen atoms in total. The van der Waals surface area contributed by atoms with Gasteiger partial charge >= 0.3 is 0 Å². The van der Waals surface area contributed by atoms with E-state index in [0.29, 0.717) is 6.54 Å². The smallest absolute Gasteiger partial charge is 0.157 e. The molecular weight excluding hydrogens is 314 g/mol. The van der Waals surface area contributed by atoms with Crippen LogP contribution in [-0.4, -0.2) is 6.54 Å². The van der Waals surface area contributed by atoms with Gasteiger partial charge in [0.1, 0.15) is 6.10 Å². The number of fused-ring (bicyclic) bond motifs is 1. The van der Waals surface area contributed by atoms with Crippen molar-refractivity contribution in [2.75, 3.05) is 11.9 Å². The van der Waals surface area contributed by atoms with E-state index in [4.69, 9.17) is 16.3 Å². The summed E-state index contributed by atoms with van der Waals surface area (Å²) in [6.45, 7) is 0.715. The highest BCUT2D eigenvalue weighted by Gasteiger charge is 2.23. The maximum Gasteiger partial charge on any atom is 0.157 e. The molecule has 0 radical (unpaired) electrons. The van der Waals surface area contributed by atoms with Crippen molar-refractivity contribution in [3.8, 4) is 5.75 Å². The number of halogens is 2. The first-order valence-corrected chi connectivity index (χ1v) is 6.86. The Labute approximate surface area is 119 Å². The molecule has 2 aromatic rings. The van der Waals surface area contributed by atoms with Gasteiger partial charge in [-0.1, -0.05) is 35.9 Å². The first-order chi connectivity index (χ1) is 8.75. The second-order valence-corrected chi connectivity index (χ2v) is 5.39. The molecule has 4 heteroatoms. The molecule has 1 N–H and O–H groups in total. The number of hydrogen-bond donors (Lipinski definition) is 1. The predicted molar refractivity (Wildman–Crippen MR) is 77.5 cm³/mol. The fraction of sp³-hybridized carbons (Fsp3) is 0.143. The maximum atomic E-state index is 6.20. The van der Waals surface area contributed by atoms with Crippen molar-refractivity contribution in [3.63, 3.8) is 0 Å². The predicted octanol–water partition coefficient (Wildman–Crippen LogP) is 4.65. The molecule has 0 spiro atoms. The summed E-state index contributed by atoms with van der Waals surface area (Å²) in [4.78, 5) is 0. The van der Waals surface area contributed by atoms with E-state index in [0.717, 1.165) is 26.5 Å². The second kappa shape index (κ2) is 4.82. The van der Waals surface area contributed by atoms with E-state index >= 15 is 0 Å². The molecule has 0 aliphatic carbocycles. The van der Waals surface area contributed by atoms with Crippen LogP contribution in [0.5, 0.6) is 5.75 Å². The third kappa shape index (κ3) is 2.08. The summed E-state index contributed by atoms with van der Waals surface area (Å²) >= 11 is 9.71. The zero-order chi connectivity index (χ0) is 12.5. The maximum absolute atomic E-state index is 6.20. The minimum absolute atomic E-state index is 0.0649. The topological polar surface area (TPSA) is 21.3 Å². The van der Waals surface area contributed by atoms with E-state index in [1.807, 2.05) is 42.5 Å². The van der Waals surface area contributed by atoms with Crippen LogP contribution >= 0.6 is 27.5 Å². The van der Waals surface area contributed by atoms with Crippen LogP contribution in [-0.2, 0) is 0 Å². The fourth-order valence-corrected chi connectivity index (χ4v) is 2.78. The molecule has 1 aliphatic heterocycles. The van der Waals surface area contributed by atoms with Gasteiger partial charge in [0.25, 0.3) is 0 Å². The van der Waals surface area contributed by atoms with Crippen LogP contribution in [0.4, 0.5) is 5.69 Å². The van der Waals surface area contributed by atoms with Crippen molar-refractivity contribution < 1.29 is 4.74 Å². The molecule has 3 rings (SSSR count). The average molecular weight is 325 g/mol. The highest BCUT2D eigenvalue weighted by atomic mass is 79.9. The Bertz CT molecular complexity index is 588. The molecular formula is C14H11BrClNO. The number of nitrogens with one attached hydrogen (secondary N) is 1. The summed E-state index contributed by atoms with van der Waals surface area (Å²) in [6, 6.07) is 13.7. The summed E-state index contributed by atoms with van der Waals surface area (Å²) in [5, 5.41) is 4.10. The SMILES string of the molecule is Clc1ccccc1C1CNc2cccc(Br)c2O1. The lowest BCUT2D eigenvalue weighted by atomic mass is 10.1. The Morgan fingerprint density at radius 2 is 2.00 bits per heavy atom. The van der Waals surface area contributed by atoms with Crippen molar-refractivity contribution in [2.45, 2.75) is 6.10 Å². The van der Waals surface area contributed by atoms with Gasteiger partial charge in [0.05, 0.1) is 16.7 Å². The van der Waals surface area contributed by atoms with Gasteiger partial charge in [-0.25, -0.2) is 0 Å². The van der Waals surface area contributed by atoms with Crippen molar-refractivity contribution in [1.29, 1.82) is 0 Å². The van der Waals surface area contributed by atoms with Crippen LogP contribution in [0.3, 0.4) is 0 Å². The van der Waals surface area contributed by atoms with E-state index in [1.54, 1.807) is 0 Å². The van der Waals surface area contributed by atoms with E-state index in [1.165, 1.54) is 0 Å². The lowest BCUT2D eigenvalue weighted by Gasteiger charge is -2.28. The molecule has 0 bridgehead atoms. The van der Waals surface area contributed by atoms with Crippen molar-refractivity contribution in [1.82, 2.24) is 0 Å². The first-order valence-electron chi connectivity index (χ1n) is 5.69. The molecule has 1 atom stereocenters. The summed E-state index contributed by atoms with van der Waals surface area (Å²) in [7, 11) is 0. The average Bonchev–Trinajstić information content (AvgIpc) is 2.40. The lowest BCUT2D eigenvalue weighted by molar-refractivity contribution is 0.209. The van der Waals surface area contributed by atoms with Gasteiger partial charge in [-0.05, 0) is 34.1 Å². The Hall–Kier alpha value is -1.19. The monoisotopic (exact) mass is 323 g/mol. The Kier molecular flexibility index (Phi) is 3.18. The quantitative estimate of drug-likeness (QED) is 0.824. The Balaban J connectivity index is 1.96. The van der Waals surface area contributed by atoms with Crippen LogP contribution in [0, 0.1) is 0 Å². The van der Waals surface area contributed by atoms with Crippen molar-refractivity contribution >= 4 is 33.2 Å². The molecule has 1 heterocycles. The third-order valence-electron chi connectivity index (χ3n) is 2.96. The molecule has 18 heavy (non-hydrogen) atoms. The largest absolute Gasteiger partial charge is 0.480 e. The molecule has 1 aliphatic rings. The summed E-state index contributed by atoms with van der Waals surface area (Å²) < 4.78 is 6.98. The lowest BCUT2D eigenvalue weighted by Crippen LogP contribution is -2.24. The van der Waals surface area contributed by atoms with Crippen LogP contribution < -0.4 is 10.1 Å². The number of anilines is 1. The Morgan fingerprint density at radius 1 is 1.17 bits per heavy atom. The zero-order valence-corrected chi connectivity index (χ0v) is 11.8. The molecule has 0 amide bonds. The number of para-hydroxylation sites is 1. The van der Waals surface area contributed by atoms with Gasteiger partial charge in [-0.3, -0.25) is 0 Å². The fourth-order valence-electron chi connectivity index (χ4n) is 2.06. The number of ether oxygens (including phenoxy) is 1. The minimum atomic E-state index is -0.0649. The number of rotatable bonds is 1. The van der Waals surface area contributed by atoms with E-state index in [9.17, 15) is 0 Å². The summed E-state index contributed by atoms with van der Waals surface area (Å²) in [5.41, 5.74) is 2.01. The summed E-state index contributed by atoms with van der Waals surface area (Å²) in [6.07, 6.45) is -0.0649. The number of benzene rings is 2. The van der Waals surface area contributed by atoms with Gasteiger partial charge in [-0.2, -0.15) is 0 Å². The van der Waals surface area contributed by atoms with Crippen LogP contribution in [0.1, 0.15) is 11.7 Å². The van der Waals surface area contributed by atoms with Gasteiger partial charge in [0.15, 0.2) is 5.75 Å². The molecule has 2 aromatic carbocycles. The van der Waals surface area contributed by atoms with E-state index in [2.05, 4.69) is 21.2 Å². The second-order valence-electron chi connectivity index (χ2n) is 4.13. The first kappa shape index (κ1) is 11.9. The summed E-state index contributed by atoms with van der Waals surface area (Å²) in [5.74, 6) is 0.841. The highest BCUT2D eigenvalue weighted by Crippen LogP contribution is 2.40. The molecule has 0 saturated carbocycles.